The van der Waals surface area contributed by atoms with Crippen molar-refractivity contribution in [1.29, 1.82) is 0 Å². The number of fused-ring (bicyclic) bond motifs is 1. The molecule has 0 spiro atoms. The van der Waals surface area contributed by atoms with Crippen LogP contribution in [-0.2, 0) is 5.75 Å². The minimum absolute atomic E-state index is 0.145. The monoisotopic (exact) mass is 449 g/mol. The van der Waals surface area contributed by atoms with Crippen LogP contribution in [0.25, 0.3) is 10.9 Å². The Morgan fingerprint density at radius 2 is 1.66 bits per heavy atom. The Kier molecular flexibility index (Phi) is 6.18. The third-order valence-electron chi connectivity index (χ3n) is 4.69. The van der Waals surface area contributed by atoms with Gasteiger partial charge in [-0.3, -0.25) is 20.4 Å². The van der Waals surface area contributed by atoms with E-state index in [1.807, 2.05) is 32.0 Å². The van der Waals surface area contributed by atoms with Crippen LogP contribution in [0.4, 0.5) is 4.39 Å². The van der Waals surface area contributed by atoms with Gasteiger partial charge in [-0.15, -0.1) is 0 Å². The zero-order chi connectivity index (χ0) is 22.7. The van der Waals surface area contributed by atoms with Gasteiger partial charge in [0.1, 0.15) is 11.5 Å². The lowest BCUT2D eigenvalue weighted by Gasteiger charge is -2.07. The number of amides is 2. The first-order valence-corrected chi connectivity index (χ1v) is 10.8. The van der Waals surface area contributed by atoms with Crippen molar-refractivity contribution in [1.82, 2.24) is 25.8 Å². The van der Waals surface area contributed by atoms with Crippen LogP contribution in [0.15, 0.2) is 59.8 Å². The molecule has 4 aromatic rings. The lowest BCUT2D eigenvalue weighted by Crippen LogP contribution is -2.41. The van der Waals surface area contributed by atoms with E-state index in [0.717, 1.165) is 17.0 Å². The van der Waals surface area contributed by atoms with Gasteiger partial charge < -0.3 is 4.98 Å². The average Bonchev–Trinajstić information content (AvgIpc) is 3.21. The van der Waals surface area contributed by atoms with E-state index in [2.05, 4.69) is 25.8 Å². The van der Waals surface area contributed by atoms with Gasteiger partial charge in [0.2, 0.25) is 0 Å². The predicted molar refractivity (Wildman–Crippen MR) is 121 cm³/mol. The SMILES string of the molecule is Cc1cc(C)nc(SCc2ccc(C(=O)NNC(=O)c3cc4c(F)cccc4[nH]3)cc2)n1. The second-order valence-electron chi connectivity index (χ2n) is 7.21. The van der Waals surface area contributed by atoms with E-state index in [9.17, 15) is 14.0 Å². The van der Waals surface area contributed by atoms with Gasteiger partial charge in [-0.25, -0.2) is 14.4 Å². The first kappa shape index (κ1) is 21.5. The molecule has 4 rings (SSSR count). The number of benzene rings is 2. The molecular formula is C23H20FN5O2S. The smallest absolute Gasteiger partial charge is 0.286 e. The Balaban J connectivity index is 1.33. The van der Waals surface area contributed by atoms with Crippen LogP contribution in [0.2, 0.25) is 0 Å². The second-order valence-corrected chi connectivity index (χ2v) is 8.15. The molecule has 9 heteroatoms. The Morgan fingerprint density at radius 3 is 2.34 bits per heavy atom. The summed E-state index contributed by atoms with van der Waals surface area (Å²) in [6, 6.07) is 14.9. The standard InChI is InChI=1S/C23H20FN5O2S/c1-13-10-14(2)26-23(25-13)32-12-15-6-8-16(9-7-15)21(30)28-29-22(31)20-11-17-18(24)4-3-5-19(17)27-20/h3-11,27H,12H2,1-2H3,(H,28,30)(H,29,31). The second kappa shape index (κ2) is 9.19. The number of aromatic nitrogens is 3. The number of thioether (sulfide) groups is 1. The maximum absolute atomic E-state index is 13.8. The van der Waals surface area contributed by atoms with Gasteiger partial charge in [0.25, 0.3) is 11.8 Å². The van der Waals surface area contributed by atoms with Crippen molar-refractivity contribution in [3.05, 3.63) is 88.6 Å². The highest BCUT2D eigenvalue weighted by Gasteiger charge is 2.13. The van der Waals surface area contributed by atoms with E-state index in [0.29, 0.717) is 27.4 Å². The van der Waals surface area contributed by atoms with E-state index in [-0.39, 0.29) is 5.69 Å². The number of hydrogen-bond donors (Lipinski definition) is 3. The molecule has 7 nitrogen and oxygen atoms in total. The fourth-order valence-electron chi connectivity index (χ4n) is 3.15. The predicted octanol–water partition coefficient (Wildman–Crippen LogP) is 4.08. The molecule has 3 N–H and O–H groups in total. The number of rotatable bonds is 5. The topological polar surface area (TPSA) is 99.8 Å². The first-order valence-electron chi connectivity index (χ1n) is 9.81. The van der Waals surface area contributed by atoms with Crippen LogP contribution < -0.4 is 10.9 Å². The van der Waals surface area contributed by atoms with Gasteiger partial charge in [-0.05, 0) is 55.8 Å². The highest BCUT2D eigenvalue weighted by molar-refractivity contribution is 7.98. The zero-order valence-electron chi connectivity index (χ0n) is 17.4. The molecule has 0 radical (unpaired) electrons. The third kappa shape index (κ3) is 4.94. The van der Waals surface area contributed by atoms with E-state index in [1.165, 1.54) is 23.9 Å². The number of nitrogens with one attached hydrogen (secondary N) is 3. The molecule has 0 aliphatic carbocycles. The molecule has 0 saturated heterocycles. The van der Waals surface area contributed by atoms with Gasteiger partial charge >= 0.3 is 0 Å². The van der Waals surface area contributed by atoms with Crippen molar-refractivity contribution >= 4 is 34.5 Å². The Labute approximate surface area is 187 Å². The molecule has 0 atom stereocenters. The number of nitrogens with zero attached hydrogens (tertiary/aromatic N) is 2. The van der Waals surface area contributed by atoms with Gasteiger partial charge in [0.05, 0.1) is 0 Å². The van der Waals surface area contributed by atoms with Gasteiger partial charge in [-0.1, -0.05) is 30.0 Å². The van der Waals surface area contributed by atoms with Crippen molar-refractivity contribution in [2.45, 2.75) is 24.8 Å². The van der Waals surface area contributed by atoms with Gasteiger partial charge in [0, 0.05) is 33.6 Å². The Bertz CT molecular complexity index is 1280. The van der Waals surface area contributed by atoms with Crippen molar-refractivity contribution in [3.8, 4) is 0 Å². The molecule has 2 aromatic heterocycles. The number of aryl methyl sites for hydroxylation is 2. The summed E-state index contributed by atoms with van der Waals surface area (Å²) in [5.41, 5.74) is 8.60. The molecule has 2 heterocycles. The zero-order valence-corrected chi connectivity index (χ0v) is 18.2. The maximum atomic E-state index is 13.8. The van der Waals surface area contributed by atoms with E-state index < -0.39 is 17.6 Å². The molecule has 0 unspecified atom stereocenters. The molecule has 0 bridgehead atoms. The molecule has 2 aromatic carbocycles. The molecule has 32 heavy (non-hydrogen) atoms. The molecular weight excluding hydrogens is 429 g/mol. The van der Waals surface area contributed by atoms with Crippen LogP contribution in [0.1, 0.15) is 37.8 Å². The minimum atomic E-state index is -0.574. The van der Waals surface area contributed by atoms with E-state index >= 15 is 0 Å². The van der Waals surface area contributed by atoms with Gasteiger partial charge in [-0.2, -0.15) is 0 Å². The fraction of sp³-hybridized carbons (Fsp3) is 0.130. The summed E-state index contributed by atoms with van der Waals surface area (Å²) in [4.78, 5) is 36.3. The van der Waals surface area contributed by atoms with E-state index in [1.54, 1.807) is 24.3 Å². The Morgan fingerprint density at radius 1 is 0.969 bits per heavy atom. The Hall–Kier alpha value is -3.72. The highest BCUT2D eigenvalue weighted by atomic mass is 32.2. The average molecular weight is 450 g/mol. The number of halogens is 1. The van der Waals surface area contributed by atoms with Crippen LogP contribution in [0.5, 0.6) is 0 Å². The normalized spacial score (nSPS) is 10.8. The minimum Gasteiger partial charge on any atom is -0.350 e. The number of carbonyl (C=O) groups excluding carboxylic acids is 2. The first-order chi connectivity index (χ1) is 15.4. The van der Waals surface area contributed by atoms with Crippen molar-refractivity contribution in [2.75, 3.05) is 0 Å². The molecule has 0 aliphatic heterocycles. The summed E-state index contributed by atoms with van der Waals surface area (Å²) >= 11 is 1.52. The molecule has 2 amide bonds. The summed E-state index contributed by atoms with van der Waals surface area (Å²) in [6.45, 7) is 3.86. The summed E-state index contributed by atoms with van der Waals surface area (Å²) in [5, 5.41) is 1.02. The van der Waals surface area contributed by atoms with E-state index in [4.69, 9.17) is 0 Å². The molecule has 0 saturated carbocycles. The number of carbonyl (C=O) groups is 2. The van der Waals surface area contributed by atoms with Crippen molar-refractivity contribution in [2.24, 2.45) is 0 Å². The summed E-state index contributed by atoms with van der Waals surface area (Å²) in [5.74, 6) is -0.796. The largest absolute Gasteiger partial charge is 0.350 e. The number of hydrogen-bond acceptors (Lipinski definition) is 5. The van der Waals surface area contributed by atoms with Crippen molar-refractivity contribution in [3.63, 3.8) is 0 Å². The van der Waals surface area contributed by atoms with Crippen molar-refractivity contribution < 1.29 is 14.0 Å². The van der Waals surface area contributed by atoms with Crippen LogP contribution in [-0.4, -0.2) is 26.8 Å². The highest BCUT2D eigenvalue weighted by Crippen LogP contribution is 2.20. The lowest BCUT2D eigenvalue weighted by atomic mass is 10.1. The van der Waals surface area contributed by atoms with Crippen LogP contribution >= 0.6 is 11.8 Å². The molecule has 0 fully saturated rings. The van der Waals surface area contributed by atoms with Crippen LogP contribution in [0.3, 0.4) is 0 Å². The lowest BCUT2D eigenvalue weighted by molar-refractivity contribution is 0.0844. The fourth-order valence-corrected chi connectivity index (χ4v) is 4.06. The summed E-state index contributed by atoms with van der Waals surface area (Å²) in [7, 11) is 0. The number of H-pyrrole nitrogens is 1. The summed E-state index contributed by atoms with van der Waals surface area (Å²) < 4.78 is 13.8. The number of hydrazine groups is 1. The summed E-state index contributed by atoms with van der Waals surface area (Å²) in [6.07, 6.45) is 0. The molecule has 162 valence electrons. The third-order valence-corrected chi connectivity index (χ3v) is 5.61. The van der Waals surface area contributed by atoms with Crippen LogP contribution in [0, 0.1) is 19.7 Å². The molecule has 0 aliphatic rings. The maximum Gasteiger partial charge on any atom is 0.286 e. The quantitative estimate of drug-likeness (QED) is 0.242. The number of aromatic amines is 1. The van der Waals surface area contributed by atoms with Gasteiger partial charge in [0.15, 0.2) is 5.16 Å².